The van der Waals surface area contributed by atoms with E-state index in [1.165, 1.54) is 7.11 Å². The maximum Gasteiger partial charge on any atom is 0.413 e. The number of alkyl carbamates (subject to hydrolysis) is 1. The number of esters is 1. The summed E-state index contributed by atoms with van der Waals surface area (Å²) in [7, 11) is 1.30. The number of hydrogen-bond donors (Lipinski definition) is 2. The van der Waals surface area contributed by atoms with Crippen molar-refractivity contribution in [3.8, 4) is 0 Å². The maximum absolute atomic E-state index is 11.8. The molecule has 7 heteroatoms. The zero-order valence-electron chi connectivity index (χ0n) is 11.9. The topological polar surface area (TPSA) is 76.7 Å². The minimum Gasteiger partial charge on any atom is -0.467 e. The van der Waals surface area contributed by atoms with E-state index in [0.717, 1.165) is 5.56 Å². The highest BCUT2D eigenvalue weighted by molar-refractivity contribution is 7.80. The van der Waals surface area contributed by atoms with Gasteiger partial charge in [0.2, 0.25) is 0 Å². The average Bonchev–Trinajstić information content (AvgIpc) is 2.47. The number of rotatable bonds is 5. The summed E-state index contributed by atoms with van der Waals surface area (Å²) in [5.74, 6) is -0.466. The molecule has 1 atom stereocenters. The summed E-state index contributed by atoms with van der Waals surface area (Å²) in [4.78, 5) is 23.0. The molecule has 0 saturated carbocycles. The number of methoxy groups -OCH3 is 1. The van der Waals surface area contributed by atoms with Crippen molar-refractivity contribution in [2.24, 2.45) is 0 Å². The lowest BCUT2D eigenvalue weighted by Crippen LogP contribution is -2.49. The largest absolute Gasteiger partial charge is 0.467 e. The van der Waals surface area contributed by atoms with Crippen molar-refractivity contribution in [1.29, 1.82) is 0 Å². The summed E-state index contributed by atoms with van der Waals surface area (Å²) >= 11 is 4.97. The smallest absolute Gasteiger partial charge is 0.413 e. The predicted octanol–water partition coefficient (Wildman–Crippen LogP) is 1.39. The summed E-state index contributed by atoms with van der Waals surface area (Å²) < 4.78 is 9.44. The molecule has 0 fully saturated rings. The Labute approximate surface area is 128 Å². The summed E-state index contributed by atoms with van der Waals surface area (Å²) in [5.41, 5.74) is 0.944. The Morgan fingerprint density at radius 3 is 2.52 bits per heavy atom. The Morgan fingerprint density at radius 2 is 1.95 bits per heavy atom. The van der Waals surface area contributed by atoms with Crippen molar-refractivity contribution in [3.63, 3.8) is 0 Å². The first-order chi connectivity index (χ1) is 10.1. The van der Waals surface area contributed by atoms with E-state index in [1.54, 1.807) is 6.92 Å². The molecule has 21 heavy (non-hydrogen) atoms. The van der Waals surface area contributed by atoms with Crippen LogP contribution in [0.2, 0.25) is 0 Å². The van der Waals surface area contributed by atoms with Gasteiger partial charge in [0.15, 0.2) is 5.11 Å². The van der Waals surface area contributed by atoms with E-state index in [2.05, 4.69) is 10.6 Å². The number of thiocarbonyl (C=S) groups is 1. The molecule has 1 unspecified atom stereocenters. The standard InChI is InChI=1S/C14H18N2O4S/c1-3-20-14(18)16-13(21)15-11(12(17)19-2)9-10-7-5-4-6-8-10/h4-8,11H,3,9H2,1-2H3,(H2,15,16,18,21). The molecule has 2 N–H and O–H groups in total. The van der Waals surface area contributed by atoms with E-state index >= 15 is 0 Å². The fraction of sp³-hybridized carbons (Fsp3) is 0.357. The lowest BCUT2D eigenvalue weighted by molar-refractivity contribution is -0.142. The fourth-order valence-electron chi connectivity index (χ4n) is 1.64. The highest BCUT2D eigenvalue weighted by Crippen LogP contribution is 2.04. The molecule has 0 radical (unpaired) electrons. The molecule has 0 heterocycles. The van der Waals surface area contributed by atoms with E-state index < -0.39 is 18.1 Å². The van der Waals surface area contributed by atoms with E-state index in [1.807, 2.05) is 30.3 Å². The fourth-order valence-corrected chi connectivity index (χ4v) is 1.87. The van der Waals surface area contributed by atoms with Crippen molar-refractivity contribution < 1.29 is 19.1 Å². The molecule has 0 aromatic heterocycles. The monoisotopic (exact) mass is 310 g/mol. The Morgan fingerprint density at radius 1 is 1.29 bits per heavy atom. The molecule has 1 aromatic carbocycles. The highest BCUT2D eigenvalue weighted by atomic mass is 32.1. The second-order valence-corrected chi connectivity index (χ2v) is 4.49. The minimum atomic E-state index is -0.688. The van der Waals surface area contributed by atoms with E-state index in [9.17, 15) is 9.59 Å². The van der Waals surface area contributed by atoms with Gasteiger partial charge in [-0.15, -0.1) is 0 Å². The van der Waals surface area contributed by atoms with E-state index in [4.69, 9.17) is 21.7 Å². The van der Waals surface area contributed by atoms with Crippen molar-refractivity contribution in [1.82, 2.24) is 10.6 Å². The van der Waals surface area contributed by atoms with Gasteiger partial charge in [0.05, 0.1) is 13.7 Å². The van der Waals surface area contributed by atoms with Crippen LogP contribution in [0.25, 0.3) is 0 Å². The van der Waals surface area contributed by atoms with Crippen LogP contribution in [-0.2, 0) is 20.7 Å². The Bertz CT molecular complexity index is 493. The number of carbonyl (C=O) groups is 2. The molecular weight excluding hydrogens is 292 g/mol. The maximum atomic E-state index is 11.8. The first-order valence-electron chi connectivity index (χ1n) is 6.42. The molecule has 1 aromatic rings. The second-order valence-electron chi connectivity index (χ2n) is 4.08. The van der Waals surface area contributed by atoms with Crippen molar-refractivity contribution >= 4 is 29.4 Å². The van der Waals surface area contributed by atoms with E-state index in [0.29, 0.717) is 6.42 Å². The van der Waals surface area contributed by atoms with Gasteiger partial charge in [-0.1, -0.05) is 30.3 Å². The third kappa shape index (κ3) is 6.22. The second kappa shape index (κ2) is 8.91. The van der Waals surface area contributed by atoms with Crippen LogP contribution < -0.4 is 10.6 Å². The van der Waals surface area contributed by atoms with Crippen LogP contribution >= 0.6 is 12.2 Å². The van der Waals surface area contributed by atoms with Gasteiger partial charge >= 0.3 is 12.1 Å². The van der Waals surface area contributed by atoms with Gasteiger partial charge in [0, 0.05) is 6.42 Å². The molecule has 0 bridgehead atoms. The lowest BCUT2D eigenvalue weighted by Gasteiger charge is -2.18. The summed E-state index contributed by atoms with van der Waals surface area (Å²) in [6.07, 6.45) is -0.281. The van der Waals surface area contributed by atoms with Gasteiger partial charge in [-0.3, -0.25) is 5.32 Å². The number of amides is 1. The Kier molecular flexibility index (Phi) is 7.17. The van der Waals surface area contributed by atoms with Crippen LogP contribution in [0.15, 0.2) is 30.3 Å². The highest BCUT2D eigenvalue weighted by Gasteiger charge is 2.21. The lowest BCUT2D eigenvalue weighted by atomic mass is 10.1. The van der Waals surface area contributed by atoms with Gasteiger partial charge in [-0.2, -0.15) is 0 Å². The number of nitrogens with one attached hydrogen (secondary N) is 2. The molecule has 0 saturated heterocycles. The van der Waals surface area contributed by atoms with Crippen molar-refractivity contribution in [3.05, 3.63) is 35.9 Å². The van der Waals surface area contributed by atoms with Crippen LogP contribution in [0.3, 0.4) is 0 Å². The minimum absolute atomic E-state index is 0.0137. The Balaban J connectivity index is 2.64. The third-order valence-corrected chi connectivity index (χ3v) is 2.78. The quantitative estimate of drug-likeness (QED) is 0.632. The van der Waals surface area contributed by atoms with Gasteiger partial charge in [-0.25, -0.2) is 9.59 Å². The molecule has 0 spiro atoms. The predicted molar refractivity (Wildman–Crippen MR) is 81.8 cm³/mol. The summed E-state index contributed by atoms with van der Waals surface area (Å²) in [5, 5.41) is 5.09. The van der Waals surface area contributed by atoms with Crippen molar-refractivity contribution in [2.45, 2.75) is 19.4 Å². The average molecular weight is 310 g/mol. The first kappa shape index (κ1) is 16.9. The zero-order chi connectivity index (χ0) is 15.7. The zero-order valence-corrected chi connectivity index (χ0v) is 12.7. The van der Waals surface area contributed by atoms with Gasteiger partial charge < -0.3 is 14.8 Å². The van der Waals surface area contributed by atoms with Crippen LogP contribution in [-0.4, -0.2) is 36.9 Å². The van der Waals surface area contributed by atoms with Crippen LogP contribution in [0.5, 0.6) is 0 Å². The molecule has 0 aliphatic rings. The van der Waals surface area contributed by atoms with Crippen LogP contribution in [0, 0.1) is 0 Å². The summed E-state index contributed by atoms with van der Waals surface area (Å²) in [6.45, 7) is 1.92. The van der Waals surface area contributed by atoms with Gasteiger partial charge in [0.1, 0.15) is 6.04 Å². The normalized spacial score (nSPS) is 11.1. The van der Waals surface area contributed by atoms with E-state index in [-0.39, 0.29) is 11.7 Å². The van der Waals surface area contributed by atoms with Gasteiger partial charge in [-0.05, 0) is 24.7 Å². The first-order valence-corrected chi connectivity index (χ1v) is 6.83. The molecule has 1 amide bonds. The Hall–Kier alpha value is -2.15. The number of carbonyl (C=O) groups excluding carboxylic acids is 2. The molecule has 114 valence electrons. The van der Waals surface area contributed by atoms with Gasteiger partial charge in [0.25, 0.3) is 0 Å². The molecule has 1 rings (SSSR count). The molecule has 0 aliphatic carbocycles. The number of hydrogen-bond acceptors (Lipinski definition) is 5. The van der Waals surface area contributed by atoms with Crippen molar-refractivity contribution in [2.75, 3.05) is 13.7 Å². The molecule has 6 nitrogen and oxygen atoms in total. The SMILES string of the molecule is CCOC(=O)NC(=S)NC(Cc1ccccc1)C(=O)OC. The number of benzene rings is 1. The number of ether oxygens (including phenoxy) is 2. The summed E-state index contributed by atoms with van der Waals surface area (Å²) in [6, 6.07) is 8.72. The molecule has 0 aliphatic heterocycles. The third-order valence-electron chi connectivity index (χ3n) is 2.56. The molecular formula is C14H18N2O4S. The van der Waals surface area contributed by atoms with Crippen LogP contribution in [0.4, 0.5) is 4.79 Å². The van der Waals surface area contributed by atoms with Crippen LogP contribution in [0.1, 0.15) is 12.5 Å².